The van der Waals surface area contributed by atoms with Gasteiger partial charge in [-0.05, 0) is 0 Å². The van der Waals surface area contributed by atoms with Crippen LogP contribution in [0.3, 0.4) is 0 Å². The molecule has 0 aromatic carbocycles. The zero-order valence-electron chi connectivity index (χ0n) is 8.32. The summed E-state index contributed by atoms with van der Waals surface area (Å²) in [6.45, 7) is 2.12. The number of aromatic nitrogens is 2. The Labute approximate surface area is 108 Å². The summed E-state index contributed by atoms with van der Waals surface area (Å²) < 4.78 is 23.8. The molecule has 0 saturated heterocycles. The van der Waals surface area contributed by atoms with Gasteiger partial charge in [-0.3, -0.25) is 0 Å². The van der Waals surface area contributed by atoms with Crippen molar-refractivity contribution in [2.45, 2.75) is 24.9 Å². The highest BCUT2D eigenvalue weighted by Crippen LogP contribution is 2.17. The van der Waals surface area contributed by atoms with Crippen LogP contribution in [0, 0.1) is 0 Å². The predicted molar refractivity (Wildman–Crippen MR) is 64.4 cm³/mol. The molecule has 90 valence electrons. The summed E-state index contributed by atoms with van der Waals surface area (Å²) in [5, 5.41) is 0.206. The monoisotopic (exact) mass is 302 g/mol. The molecule has 1 aromatic rings. The molecule has 0 aliphatic heterocycles. The van der Waals surface area contributed by atoms with Gasteiger partial charge in [0.15, 0.2) is 5.03 Å². The lowest BCUT2D eigenvalue weighted by Gasteiger charge is -2.03. The quantitative estimate of drug-likeness (QED) is 0.804. The topological polar surface area (TPSA) is 52.0 Å². The molecule has 0 amide bonds. The molecule has 0 saturated carbocycles. The van der Waals surface area contributed by atoms with Crippen molar-refractivity contribution in [1.29, 1.82) is 0 Å². The number of imidazole rings is 1. The molecular formula is C8H9Cl3N2O2S. The molecule has 0 atom stereocenters. The fourth-order valence-corrected chi connectivity index (χ4v) is 2.05. The van der Waals surface area contributed by atoms with Crippen LogP contribution in [0.1, 0.15) is 12.7 Å². The van der Waals surface area contributed by atoms with E-state index in [0.717, 1.165) is 0 Å². The van der Waals surface area contributed by atoms with Crippen LogP contribution in [-0.4, -0.2) is 18.0 Å². The zero-order valence-corrected chi connectivity index (χ0v) is 11.4. The Balaban J connectivity index is 3.15. The van der Waals surface area contributed by atoms with E-state index in [-0.39, 0.29) is 11.6 Å². The first-order chi connectivity index (χ1) is 7.38. The van der Waals surface area contributed by atoms with Crippen molar-refractivity contribution in [3.63, 3.8) is 0 Å². The Hall–Kier alpha value is -0.230. The van der Waals surface area contributed by atoms with Gasteiger partial charge in [0, 0.05) is 33.9 Å². The van der Waals surface area contributed by atoms with E-state index in [9.17, 15) is 8.42 Å². The Morgan fingerprint density at radius 2 is 2.25 bits per heavy atom. The number of aryl methyl sites for hydroxylation is 1. The van der Waals surface area contributed by atoms with Crippen LogP contribution in [0.5, 0.6) is 0 Å². The Morgan fingerprint density at radius 1 is 1.62 bits per heavy atom. The second kappa shape index (κ2) is 5.40. The first kappa shape index (κ1) is 13.8. The van der Waals surface area contributed by atoms with Crippen LogP contribution < -0.4 is 0 Å². The van der Waals surface area contributed by atoms with Crippen molar-refractivity contribution in [2.75, 3.05) is 0 Å². The average Bonchev–Trinajstić information content (AvgIpc) is 2.60. The number of rotatable bonds is 4. The van der Waals surface area contributed by atoms with Crippen LogP contribution in [-0.2, 0) is 22.0 Å². The smallest absolute Gasteiger partial charge is 0.280 e. The molecule has 1 aromatic heterocycles. The van der Waals surface area contributed by atoms with Crippen molar-refractivity contribution in [3.05, 3.63) is 22.6 Å². The second-order valence-corrected chi connectivity index (χ2v) is 6.19. The van der Waals surface area contributed by atoms with E-state index in [1.807, 2.05) is 6.92 Å². The minimum atomic E-state index is -3.81. The zero-order chi connectivity index (χ0) is 12.3. The lowest BCUT2D eigenvalue weighted by atomic mass is 10.4. The number of halogens is 3. The lowest BCUT2D eigenvalue weighted by Crippen LogP contribution is -2.01. The maximum Gasteiger partial charge on any atom is 0.280 e. The van der Waals surface area contributed by atoms with Gasteiger partial charge in [-0.25, -0.2) is 13.4 Å². The predicted octanol–water partition coefficient (Wildman–Crippen LogP) is 2.69. The minimum Gasteiger partial charge on any atom is -0.328 e. The molecule has 0 unspecified atom stereocenters. The van der Waals surface area contributed by atoms with E-state index in [2.05, 4.69) is 4.98 Å². The molecule has 1 heterocycles. The molecule has 0 bridgehead atoms. The standard InChI is InChI=1S/C8H9Cl3N2O2S/c1-2-7-12-8(16(11,14)15)5-13(7)4-6(10)3-9/h3,5H,2,4H2,1H3. The van der Waals surface area contributed by atoms with Crippen molar-refractivity contribution < 1.29 is 8.42 Å². The molecule has 0 aliphatic rings. The van der Waals surface area contributed by atoms with Gasteiger partial charge in [0.1, 0.15) is 5.82 Å². The molecular weight excluding hydrogens is 295 g/mol. The third-order valence-electron chi connectivity index (χ3n) is 1.84. The summed E-state index contributed by atoms with van der Waals surface area (Å²) in [5.74, 6) is 0.580. The minimum absolute atomic E-state index is 0.176. The summed E-state index contributed by atoms with van der Waals surface area (Å²) in [7, 11) is 1.38. The number of hydrogen-bond acceptors (Lipinski definition) is 3. The highest BCUT2D eigenvalue weighted by molar-refractivity contribution is 8.13. The lowest BCUT2D eigenvalue weighted by molar-refractivity contribution is 0.606. The van der Waals surface area contributed by atoms with Gasteiger partial charge in [-0.1, -0.05) is 30.1 Å². The molecule has 8 heteroatoms. The van der Waals surface area contributed by atoms with Gasteiger partial charge >= 0.3 is 0 Å². The van der Waals surface area contributed by atoms with Gasteiger partial charge in [-0.2, -0.15) is 0 Å². The van der Waals surface area contributed by atoms with Gasteiger partial charge in [0.25, 0.3) is 9.05 Å². The Kier molecular flexibility index (Phi) is 4.67. The SMILES string of the molecule is CCc1nc(S(=O)(=O)Cl)cn1CC(Cl)=CCl. The second-order valence-electron chi connectivity index (χ2n) is 2.97. The molecule has 16 heavy (non-hydrogen) atoms. The molecule has 0 spiro atoms. The third kappa shape index (κ3) is 3.38. The summed E-state index contributed by atoms with van der Waals surface area (Å²) >= 11 is 11.2. The van der Waals surface area contributed by atoms with E-state index < -0.39 is 9.05 Å². The van der Waals surface area contributed by atoms with Crippen LogP contribution in [0.4, 0.5) is 0 Å². The van der Waals surface area contributed by atoms with E-state index >= 15 is 0 Å². The highest BCUT2D eigenvalue weighted by Gasteiger charge is 2.17. The van der Waals surface area contributed by atoms with Crippen LogP contribution in [0.15, 0.2) is 21.8 Å². The fraction of sp³-hybridized carbons (Fsp3) is 0.375. The van der Waals surface area contributed by atoms with Gasteiger partial charge in [0.2, 0.25) is 0 Å². The maximum atomic E-state index is 11.1. The van der Waals surface area contributed by atoms with E-state index in [0.29, 0.717) is 17.3 Å². The fourth-order valence-electron chi connectivity index (χ4n) is 1.16. The van der Waals surface area contributed by atoms with Crippen LogP contribution in [0.25, 0.3) is 0 Å². The summed E-state index contributed by atoms with van der Waals surface area (Å²) in [5.41, 5.74) is 1.22. The van der Waals surface area contributed by atoms with E-state index in [1.54, 1.807) is 4.57 Å². The normalized spacial score (nSPS) is 13.1. The summed E-state index contributed by atoms with van der Waals surface area (Å²) in [6, 6.07) is 0. The molecule has 0 N–H and O–H groups in total. The van der Waals surface area contributed by atoms with Crippen molar-refractivity contribution in [1.82, 2.24) is 9.55 Å². The van der Waals surface area contributed by atoms with Gasteiger partial charge in [0.05, 0.1) is 6.54 Å². The largest absolute Gasteiger partial charge is 0.328 e. The number of nitrogens with zero attached hydrogens (tertiary/aromatic N) is 2. The van der Waals surface area contributed by atoms with Crippen molar-refractivity contribution >= 4 is 42.9 Å². The number of hydrogen-bond donors (Lipinski definition) is 0. The molecule has 0 aliphatic carbocycles. The van der Waals surface area contributed by atoms with Gasteiger partial charge in [-0.15, -0.1) is 0 Å². The summed E-state index contributed by atoms with van der Waals surface area (Å²) in [4.78, 5) is 3.90. The molecule has 0 radical (unpaired) electrons. The molecule has 1 rings (SSSR count). The van der Waals surface area contributed by atoms with Crippen LogP contribution in [0.2, 0.25) is 0 Å². The molecule has 4 nitrogen and oxygen atoms in total. The maximum absolute atomic E-state index is 11.1. The Morgan fingerprint density at radius 3 is 2.69 bits per heavy atom. The van der Waals surface area contributed by atoms with Crippen molar-refractivity contribution in [3.8, 4) is 0 Å². The average molecular weight is 304 g/mol. The Bertz CT molecular complexity index is 507. The molecule has 0 fully saturated rings. The first-order valence-electron chi connectivity index (χ1n) is 4.34. The summed E-state index contributed by atoms with van der Waals surface area (Å²) in [6.07, 6.45) is 1.91. The highest BCUT2D eigenvalue weighted by atomic mass is 35.7. The van der Waals surface area contributed by atoms with Crippen LogP contribution >= 0.6 is 33.9 Å². The first-order valence-corrected chi connectivity index (χ1v) is 7.46. The van der Waals surface area contributed by atoms with E-state index in [1.165, 1.54) is 11.7 Å². The van der Waals surface area contributed by atoms with Gasteiger partial charge < -0.3 is 4.57 Å². The number of allylic oxidation sites excluding steroid dienone is 1. The third-order valence-corrected chi connectivity index (χ3v) is 3.62. The van der Waals surface area contributed by atoms with E-state index in [4.69, 9.17) is 33.9 Å². The van der Waals surface area contributed by atoms with Crippen molar-refractivity contribution in [2.24, 2.45) is 0 Å².